The molecule has 0 fully saturated rings. The zero-order valence-electron chi connectivity index (χ0n) is 80.9. The van der Waals surface area contributed by atoms with Gasteiger partial charge in [-0.1, -0.05) is 428 Å². The summed E-state index contributed by atoms with van der Waals surface area (Å²) < 4.78 is 12.4. The number of rotatable bonds is 16. The van der Waals surface area contributed by atoms with E-state index in [1.165, 1.54) is 83.5 Å². The monoisotopic (exact) mass is 1870 g/mol. The van der Waals surface area contributed by atoms with Crippen LogP contribution in [0.25, 0.3) is 246 Å². The molecule has 0 saturated carbocycles. The Morgan fingerprint density at radius 1 is 0.137 bits per heavy atom. The maximum absolute atomic E-state index is 6.21. The van der Waals surface area contributed by atoms with Gasteiger partial charge in [0.25, 0.3) is 0 Å². The van der Waals surface area contributed by atoms with Gasteiger partial charge in [-0.15, -0.1) is 0 Å². The summed E-state index contributed by atoms with van der Waals surface area (Å²) in [6.45, 7) is 9.34. The summed E-state index contributed by atoms with van der Waals surface area (Å²) in [6.07, 6.45) is 0. The van der Waals surface area contributed by atoms with Gasteiger partial charge >= 0.3 is 0 Å². The van der Waals surface area contributed by atoms with Crippen LogP contribution in [0.2, 0.25) is 0 Å². The van der Waals surface area contributed by atoms with Crippen molar-refractivity contribution in [3.05, 3.63) is 526 Å². The predicted octanol–water partition coefficient (Wildman–Crippen LogP) is 35.9. The number of aromatic nitrogens is 7. The highest BCUT2D eigenvalue weighted by Gasteiger charge is 2.37. The van der Waals surface area contributed by atoms with Gasteiger partial charge in [0.15, 0.2) is 17.5 Å². The summed E-state index contributed by atoms with van der Waals surface area (Å²) in [7, 11) is 0. The molecule has 0 bridgehead atoms. The summed E-state index contributed by atoms with van der Waals surface area (Å²) in [6, 6.07) is 176. The molecule has 6 heterocycles. The van der Waals surface area contributed by atoms with Crippen molar-refractivity contribution in [2.75, 3.05) is 0 Å². The van der Waals surface area contributed by atoms with Crippen LogP contribution in [0, 0.1) is 0 Å². The van der Waals surface area contributed by atoms with Gasteiger partial charge in [0.05, 0.1) is 45.6 Å². The van der Waals surface area contributed by atoms with Crippen LogP contribution in [0.3, 0.4) is 0 Å². The van der Waals surface area contributed by atoms with Gasteiger partial charge in [0.1, 0.15) is 22.3 Å². The molecule has 27 rings (SSSR count). The molecule has 0 atom stereocenters. The number of furan rings is 2. The molecule has 0 radical (unpaired) electrons. The van der Waals surface area contributed by atoms with Crippen molar-refractivity contribution < 1.29 is 8.83 Å². The lowest BCUT2D eigenvalue weighted by Gasteiger charge is -2.22. The smallest absolute Gasteiger partial charge is 0.160 e. The maximum Gasteiger partial charge on any atom is 0.160 e. The quantitative estimate of drug-likeness (QED) is 0.0932. The molecule has 25 aromatic rings. The fraction of sp³-hybridized carbons (Fsp3) is 0.0438. The zero-order valence-corrected chi connectivity index (χ0v) is 80.9. The Morgan fingerprint density at radius 3 is 0.788 bits per heavy atom. The molecule has 690 valence electrons. The first-order valence-electron chi connectivity index (χ1n) is 49.7. The van der Waals surface area contributed by atoms with Gasteiger partial charge in [-0.05, 0) is 214 Å². The molecule has 0 N–H and O–H groups in total. The fourth-order valence-electron chi connectivity index (χ4n) is 21.0. The minimum Gasteiger partial charge on any atom is -0.456 e. The molecule has 9 nitrogen and oxygen atoms in total. The zero-order chi connectivity index (χ0) is 97.8. The molecule has 0 aliphatic heterocycles. The van der Waals surface area contributed by atoms with Crippen LogP contribution in [-0.2, 0) is 10.8 Å². The van der Waals surface area contributed by atoms with E-state index >= 15 is 0 Å². The van der Waals surface area contributed by atoms with Crippen molar-refractivity contribution in [3.63, 3.8) is 0 Å². The molecular formula is C137H95N7O2. The van der Waals surface area contributed by atoms with E-state index in [9.17, 15) is 0 Å². The van der Waals surface area contributed by atoms with E-state index in [0.29, 0.717) is 11.6 Å². The Hall–Kier alpha value is -18.8. The van der Waals surface area contributed by atoms with Crippen LogP contribution < -0.4 is 0 Å². The Labute approximate surface area is 848 Å². The molecule has 6 aromatic heterocycles. The normalized spacial score (nSPS) is 12.4. The molecular weight excluding hydrogens is 1780 g/mol. The van der Waals surface area contributed by atoms with Crippen molar-refractivity contribution in [1.82, 2.24) is 34.9 Å². The second kappa shape index (κ2) is 37.6. The lowest BCUT2D eigenvalue weighted by Crippen LogP contribution is -2.14. The molecule has 19 aromatic carbocycles. The van der Waals surface area contributed by atoms with Gasteiger partial charge in [0.2, 0.25) is 0 Å². The largest absolute Gasteiger partial charge is 0.456 e. The lowest BCUT2D eigenvalue weighted by molar-refractivity contribution is 0.660. The second-order valence-electron chi connectivity index (χ2n) is 38.6. The number of hydrogen-bond acceptors (Lipinski definition) is 9. The molecule has 0 unspecified atom stereocenters. The van der Waals surface area contributed by atoms with E-state index in [4.69, 9.17) is 43.7 Å². The highest BCUT2D eigenvalue weighted by atomic mass is 16.3. The van der Waals surface area contributed by atoms with Crippen molar-refractivity contribution in [2.24, 2.45) is 0 Å². The van der Waals surface area contributed by atoms with E-state index in [1.54, 1.807) is 0 Å². The third kappa shape index (κ3) is 17.2. The van der Waals surface area contributed by atoms with Crippen LogP contribution >= 0.6 is 0 Å². The number of benzene rings is 19. The maximum atomic E-state index is 6.21. The van der Waals surface area contributed by atoms with Gasteiger partial charge < -0.3 is 8.83 Å². The minimum absolute atomic E-state index is 0.0167. The summed E-state index contributed by atoms with van der Waals surface area (Å²) in [4.78, 5) is 35.2. The second-order valence-corrected chi connectivity index (χ2v) is 38.6. The first-order chi connectivity index (χ1) is 71.8. The number of pyridine rings is 1. The van der Waals surface area contributed by atoms with Crippen molar-refractivity contribution in [1.29, 1.82) is 0 Å². The number of nitrogens with zero attached hydrogens (tertiary/aromatic N) is 7. The van der Waals surface area contributed by atoms with Crippen molar-refractivity contribution in [2.45, 2.75) is 38.5 Å². The van der Waals surface area contributed by atoms with Crippen LogP contribution in [0.15, 0.2) is 512 Å². The van der Waals surface area contributed by atoms with Crippen molar-refractivity contribution in [3.8, 4) is 202 Å². The van der Waals surface area contributed by atoms with E-state index in [-0.39, 0.29) is 10.8 Å². The topological polar surface area (TPSA) is 117 Å². The molecule has 146 heavy (non-hydrogen) atoms. The Kier molecular flexibility index (Phi) is 22.8. The first-order valence-corrected chi connectivity index (χ1v) is 49.7. The number of hydrogen-bond donors (Lipinski definition) is 0. The fourth-order valence-corrected chi connectivity index (χ4v) is 21.0. The Morgan fingerprint density at radius 2 is 0.384 bits per heavy atom. The van der Waals surface area contributed by atoms with E-state index in [2.05, 4.69) is 367 Å². The number of para-hydroxylation sites is 2. The lowest BCUT2D eigenvalue weighted by atomic mass is 9.81. The Balaban J connectivity index is 0.000000114. The van der Waals surface area contributed by atoms with Crippen molar-refractivity contribution >= 4 is 43.9 Å². The van der Waals surface area contributed by atoms with Crippen LogP contribution in [-0.4, -0.2) is 34.9 Å². The predicted molar refractivity (Wildman–Crippen MR) is 601 cm³/mol. The van der Waals surface area contributed by atoms with Crippen LogP contribution in [0.5, 0.6) is 0 Å². The van der Waals surface area contributed by atoms with Gasteiger partial charge in [-0.3, -0.25) is 0 Å². The van der Waals surface area contributed by atoms with Gasteiger partial charge in [0, 0.05) is 82.4 Å². The summed E-state index contributed by atoms with van der Waals surface area (Å²) in [5, 5.41) is 4.49. The SMILES string of the molecule is CC1(C)c2ccccc2-c2ccc(-c3cccc(-c4ccc(-c5cc(-c6cccc(-c7ccccc7)n6)nc(-c6ccccc6)n5)cc4)c3)cc21.CC1(C)c2ccccc2-c2ccc(-c3cccc(-c4ccc(-c5cc(-c6ccccc6)nc(-c6ccccc6)n5)cc4)c3)cc21.c1ccc(-c2nc(-c3cccc(-c4ccc5c(c4)oc4ccccc45)c3)cc(-c3cccc(-c4ccc5c(c4)oc4ccccc45)c3)n2)cc1. The van der Waals surface area contributed by atoms with E-state index < -0.39 is 0 Å². The number of fused-ring (bicyclic) bond motifs is 12. The van der Waals surface area contributed by atoms with Gasteiger partial charge in [-0.2, -0.15) is 0 Å². The average Bonchev–Trinajstić information content (AvgIpc) is 1.59. The van der Waals surface area contributed by atoms with E-state index in [1.807, 2.05) is 164 Å². The molecule has 0 saturated heterocycles. The first kappa shape index (κ1) is 88.6. The average molecular weight is 1870 g/mol. The van der Waals surface area contributed by atoms with Crippen LogP contribution in [0.4, 0.5) is 0 Å². The standard InChI is InChI=1S/C48H35N3.C46H28N2O2.C43H32N2/c1-48(2)41-20-10-9-19-39(41)40-28-27-38(30-42(40)48)37-18-11-17-36(29-37)32-23-25-34(26-24-32)45-31-46(51-47(50-45)35-15-7-4-8-16-35)44-22-12-21-43(49-44)33-13-5-3-6-14-33;1-2-10-29(11-3-1)46-47-40(34-14-8-12-30(24-34)32-20-22-38-36-16-4-6-18-42(36)49-44(38)26-32)28-41(48-46)35-15-9-13-31(25-35)33-21-23-39-37-17-5-7-19-43(37)50-45(39)27-33;1-43(2)38-19-10-9-18-36(38)37-25-24-35(27-39(37)43)34-17-11-16-33(26-34)29-20-22-31(23-21-29)41-28-40(30-12-5-3-6-13-30)44-42(45-41)32-14-7-4-8-15-32/h3-31H,1-2H3;1-28H;3-28H,1-2H3. The highest BCUT2D eigenvalue weighted by Crippen LogP contribution is 2.53. The summed E-state index contributed by atoms with van der Waals surface area (Å²) in [5.41, 5.74) is 44.6. The van der Waals surface area contributed by atoms with E-state index in [0.717, 1.165) is 173 Å². The molecule has 2 aliphatic carbocycles. The summed E-state index contributed by atoms with van der Waals surface area (Å²) >= 11 is 0. The summed E-state index contributed by atoms with van der Waals surface area (Å²) in [5.74, 6) is 2.08. The molecule has 2 aliphatic rings. The minimum atomic E-state index is -0.0304. The molecule has 0 spiro atoms. The third-order valence-electron chi connectivity index (χ3n) is 28.8. The third-order valence-corrected chi connectivity index (χ3v) is 28.8. The molecule has 0 amide bonds. The highest BCUT2D eigenvalue weighted by molar-refractivity contribution is 6.07. The Bertz CT molecular complexity index is 9040. The van der Waals surface area contributed by atoms with Gasteiger partial charge in [-0.25, -0.2) is 34.9 Å². The molecule has 9 heteroatoms. The van der Waals surface area contributed by atoms with Crippen LogP contribution in [0.1, 0.15) is 49.9 Å².